The first-order chi connectivity index (χ1) is 13.5. The molecule has 4 aliphatic carbocycles. The first-order valence-electron chi connectivity index (χ1n) is 11.5. The van der Waals surface area contributed by atoms with Gasteiger partial charge in [-0.05, 0) is 108 Å². The zero-order valence-corrected chi connectivity index (χ0v) is 17.0. The number of nitrogens with zero attached hydrogens (tertiary/aromatic N) is 2. The van der Waals surface area contributed by atoms with E-state index in [-0.39, 0.29) is 0 Å². The maximum atomic E-state index is 9.10. The average molecular weight is 393 g/mol. The molecule has 2 heterocycles. The largest absolute Gasteiger partial charge is 0.473 e. The Labute approximate surface area is 168 Å². The first kappa shape index (κ1) is 20.1. The smallest absolute Gasteiger partial charge is 0.414 e. The third kappa shape index (κ3) is 4.38. The van der Waals surface area contributed by atoms with Crippen molar-refractivity contribution in [3.63, 3.8) is 0 Å². The van der Waals surface area contributed by atoms with Crippen molar-refractivity contribution in [2.24, 2.45) is 23.7 Å². The highest BCUT2D eigenvalue weighted by Gasteiger charge is 2.50. The van der Waals surface area contributed by atoms with Crippen LogP contribution in [0.5, 0.6) is 0 Å². The van der Waals surface area contributed by atoms with E-state index in [1.165, 1.54) is 58.3 Å². The number of carboxylic acids is 2. The molecule has 6 rings (SSSR count). The van der Waals surface area contributed by atoms with E-state index in [4.69, 9.17) is 19.8 Å². The number of carboxylic acid groups (broad SMARTS) is 2. The number of hydrogen-bond acceptors (Lipinski definition) is 4. The SMILES string of the molecule is C1CCN(C2CCN(C3C4CC5CC(C4)CC3C5)CC2)CC1.O=C(O)C(=O)O. The summed E-state index contributed by atoms with van der Waals surface area (Å²) in [4.78, 5) is 24.0. The van der Waals surface area contributed by atoms with E-state index < -0.39 is 11.9 Å². The van der Waals surface area contributed by atoms with E-state index in [1.807, 2.05) is 0 Å². The van der Waals surface area contributed by atoms with Crippen molar-refractivity contribution in [3.8, 4) is 0 Å². The Kier molecular flexibility index (Phi) is 6.26. The summed E-state index contributed by atoms with van der Waals surface area (Å²) < 4.78 is 0. The molecule has 2 saturated heterocycles. The Morgan fingerprint density at radius 1 is 0.643 bits per heavy atom. The quantitative estimate of drug-likeness (QED) is 0.704. The van der Waals surface area contributed by atoms with Crippen LogP contribution in [0.4, 0.5) is 0 Å². The van der Waals surface area contributed by atoms with Crippen LogP contribution in [-0.4, -0.2) is 70.2 Å². The molecule has 28 heavy (non-hydrogen) atoms. The monoisotopic (exact) mass is 392 g/mol. The van der Waals surface area contributed by atoms with Crippen molar-refractivity contribution < 1.29 is 19.8 Å². The second kappa shape index (κ2) is 8.70. The molecular weight excluding hydrogens is 356 g/mol. The highest BCUT2D eigenvalue weighted by atomic mass is 16.4. The van der Waals surface area contributed by atoms with Crippen LogP contribution >= 0.6 is 0 Å². The molecule has 0 atom stereocenters. The standard InChI is InChI=1S/C20H34N2.C2H2O4/c1-2-6-21(7-3-1)19-4-8-22(9-5-19)20-17-11-15-10-16(13-17)14-18(20)12-15;3-1(4)2(5)6/h15-20H,1-14H2;(H,3,4)(H,5,6). The van der Waals surface area contributed by atoms with E-state index in [9.17, 15) is 0 Å². The molecule has 6 aliphatic rings. The van der Waals surface area contributed by atoms with E-state index in [2.05, 4.69) is 9.80 Å². The lowest BCUT2D eigenvalue weighted by molar-refractivity contribution is -0.159. The van der Waals surface area contributed by atoms with Crippen LogP contribution in [0, 0.1) is 23.7 Å². The lowest BCUT2D eigenvalue weighted by Gasteiger charge is -2.58. The van der Waals surface area contributed by atoms with Crippen LogP contribution in [0.2, 0.25) is 0 Å². The molecule has 0 spiro atoms. The van der Waals surface area contributed by atoms with Crippen LogP contribution in [0.3, 0.4) is 0 Å². The van der Waals surface area contributed by atoms with Gasteiger partial charge in [-0.25, -0.2) is 9.59 Å². The molecule has 0 radical (unpaired) electrons. The van der Waals surface area contributed by atoms with Gasteiger partial charge in [0.1, 0.15) is 0 Å². The van der Waals surface area contributed by atoms with Crippen LogP contribution in [-0.2, 0) is 9.59 Å². The summed E-state index contributed by atoms with van der Waals surface area (Å²) >= 11 is 0. The van der Waals surface area contributed by atoms with Crippen molar-refractivity contribution in [2.75, 3.05) is 26.2 Å². The minimum atomic E-state index is -1.82. The molecule has 0 amide bonds. The van der Waals surface area contributed by atoms with Crippen molar-refractivity contribution in [1.29, 1.82) is 0 Å². The Balaban J connectivity index is 0.000000283. The van der Waals surface area contributed by atoms with Crippen molar-refractivity contribution in [3.05, 3.63) is 0 Å². The van der Waals surface area contributed by atoms with Crippen molar-refractivity contribution in [2.45, 2.75) is 76.3 Å². The van der Waals surface area contributed by atoms with Gasteiger partial charge in [0.05, 0.1) is 0 Å². The summed E-state index contributed by atoms with van der Waals surface area (Å²) in [5.74, 6) is 0.782. The lowest BCUT2D eigenvalue weighted by atomic mass is 9.53. The second-order valence-corrected chi connectivity index (χ2v) is 9.90. The van der Waals surface area contributed by atoms with Crippen LogP contribution < -0.4 is 0 Å². The molecule has 2 aliphatic heterocycles. The molecule has 158 valence electrons. The molecule has 6 heteroatoms. The van der Waals surface area contributed by atoms with Gasteiger partial charge < -0.3 is 15.1 Å². The van der Waals surface area contributed by atoms with E-state index in [1.54, 1.807) is 32.1 Å². The Bertz CT molecular complexity index is 527. The molecule has 0 aromatic rings. The number of carbonyl (C=O) groups is 2. The van der Waals surface area contributed by atoms with Gasteiger partial charge in [-0.15, -0.1) is 0 Å². The third-order valence-corrected chi connectivity index (χ3v) is 8.19. The fourth-order valence-electron chi connectivity index (χ4n) is 7.33. The number of likely N-dealkylation sites (tertiary alicyclic amines) is 2. The summed E-state index contributed by atoms with van der Waals surface area (Å²) in [6, 6.07) is 1.92. The number of hydrogen-bond donors (Lipinski definition) is 2. The summed E-state index contributed by atoms with van der Waals surface area (Å²) in [5, 5.41) is 14.8. The molecule has 0 aromatic carbocycles. The second-order valence-electron chi connectivity index (χ2n) is 9.90. The summed E-state index contributed by atoms with van der Waals surface area (Å²) in [6.45, 7) is 5.60. The highest BCUT2D eigenvalue weighted by Crippen LogP contribution is 2.55. The van der Waals surface area contributed by atoms with Crippen LogP contribution in [0.15, 0.2) is 0 Å². The molecular formula is C22H36N2O4. The van der Waals surface area contributed by atoms with Crippen LogP contribution in [0.25, 0.3) is 0 Å². The molecule has 6 nitrogen and oxygen atoms in total. The number of rotatable bonds is 2. The van der Waals surface area contributed by atoms with Gasteiger partial charge in [0.15, 0.2) is 0 Å². The minimum Gasteiger partial charge on any atom is -0.473 e. The molecule has 4 saturated carbocycles. The zero-order chi connectivity index (χ0) is 19.7. The Hall–Kier alpha value is -1.14. The Morgan fingerprint density at radius 2 is 1.14 bits per heavy atom. The average Bonchev–Trinajstić information content (AvgIpc) is 2.69. The lowest BCUT2D eigenvalue weighted by Crippen LogP contribution is -2.58. The zero-order valence-electron chi connectivity index (χ0n) is 17.0. The van der Waals surface area contributed by atoms with Crippen molar-refractivity contribution >= 4 is 11.9 Å². The van der Waals surface area contributed by atoms with Gasteiger partial charge in [-0.3, -0.25) is 4.90 Å². The maximum Gasteiger partial charge on any atom is 0.414 e. The molecule has 4 bridgehead atoms. The molecule has 2 N–H and O–H groups in total. The van der Waals surface area contributed by atoms with Gasteiger partial charge in [0.25, 0.3) is 0 Å². The van der Waals surface area contributed by atoms with Gasteiger partial charge in [0, 0.05) is 12.1 Å². The fourth-order valence-corrected chi connectivity index (χ4v) is 7.33. The summed E-state index contributed by atoms with van der Waals surface area (Å²) in [7, 11) is 0. The van der Waals surface area contributed by atoms with Gasteiger partial charge in [0.2, 0.25) is 0 Å². The number of aliphatic carboxylic acids is 2. The molecule has 0 unspecified atom stereocenters. The van der Waals surface area contributed by atoms with Gasteiger partial charge in [-0.2, -0.15) is 0 Å². The van der Waals surface area contributed by atoms with E-state index in [0.29, 0.717) is 0 Å². The van der Waals surface area contributed by atoms with Crippen molar-refractivity contribution in [1.82, 2.24) is 9.80 Å². The topological polar surface area (TPSA) is 81.1 Å². The normalized spacial score (nSPS) is 38.6. The summed E-state index contributed by atoms with van der Waals surface area (Å²) in [6.07, 6.45) is 15.2. The van der Waals surface area contributed by atoms with Crippen LogP contribution in [0.1, 0.15) is 64.2 Å². The molecule has 0 aromatic heterocycles. The predicted octanol–water partition coefficient (Wildman–Crippen LogP) is 2.92. The molecule has 6 fully saturated rings. The van der Waals surface area contributed by atoms with E-state index >= 15 is 0 Å². The first-order valence-corrected chi connectivity index (χ1v) is 11.5. The highest BCUT2D eigenvalue weighted by molar-refractivity contribution is 6.27. The third-order valence-electron chi connectivity index (χ3n) is 8.19. The number of piperidine rings is 2. The summed E-state index contributed by atoms with van der Waals surface area (Å²) in [5.41, 5.74) is 0. The van der Waals surface area contributed by atoms with Gasteiger partial charge in [-0.1, -0.05) is 6.42 Å². The minimum absolute atomic E-state index is 0.924. The predicted molar refractivity (Wildman–Crippen MR) is 106 cm³/mol. The van der Waals surface area contributed by atoms with Gasteiger partial charge >= 0.3 is 11.9 Å². The van der Waals surface area contributed by atoms with E-state index in [0.717, 1.165) is 35.8 Å². The Morgan fingerprint density at radius 3 is 1.61 bits per heavy atom. The fraction of sp³-hybridized carbons (Fsp3) is 0.909. The maximum absolute atomic E-state index is 9.10.